The molecule has 1 heterocycles. The maximum Gasteiger partial charge on any atom is 0.0595 e. The van der Waals surface area contributed by atoms with Crippen LogP contribution in [0.1, 0.15) is 33.6 Å². The van der Waals surface area contributed by atoms with Crippen molar-refractivity contribution >= 4 is 33.2 Å². The average Bonchev–Trinajstić information content (AvgIpc) is 2.48. The summed E-state index contributed by atoms with van der Waals surface area (Å²) in [6, 6.07) is 7.22. The minimum atomic E-state index is 0.532. The fraction of sp³-hybridized carbons (Fsp3) is 0.625. The Kier molecular flexibility index (Phi) is 5.76. The van der Waals surface area contributed by atoms with E-state index >= 15 is 0 Å². The van der Waals surface area contributed by atoms with Crippen LogP contribution in [-0.4, -0.2) is 25.2 Å². The third-order valence-corrected chi connectivity index (χ3v) is 5.87. The second-order valence-corrected chi connectivity index (χ2v) is 6.89. The minimum Gasteiger partial charge on any atom is -0.365 e. The van der Waals surface area contributed by atoms with Crippen LogP contribution in [0.25, 0.3) is 0 Å². The summed E-state index contributed by atoms with van der Waals surface area (Å²) >= 11 is 9.91. The number of rotatable bonds is 4. The van der Waals surface area contributed by atoms with Gasteiger partial charge in [0.15, 0.2) is 0 Å². The molecular formula is C16H24BrClN2. The predicted molar refractivity (Wildman–Crippen MR) is 91.8 cm³/mol. The molecule has 0 spiro atoms. The fourth-order valence-electron chi connectivity index (χ4n) is 2.86. The first-order valence-corrected chi connectivity index (χ1v) is 8.69. The van der Waals surface area contributed by atoms with Gasteiger partial charge in [-0.3, -0.25) is 0 Å². The summed E-state index contributed by atoms with van der Waals surface area (Å²) in [4.78, 5) is 2.52. The molecule has 0 amide bonds. The molecule has 0 radical (unpaired) electrons. The number of hydrogen-bond acceptors (Lipinski definition) is 2. The summed E-state index contributed by atoms with van der Waals surface area (Å²) in [5.74, 6) is 0.688. The topological polar surface area (TPSA) is 15.3 Å². The van der Waals surface area contributed by atoms with Crippen LogP contribution in [0.3, 0.4) is 0 Å². The molecule has 0 aromatic heterocycles. The van der Waals surface area contributed by atoms with E-state index in [-0.39, 0.29) is 0 Å². The molecule has 0 aliphatic carbocycles. The van der Waals surface area contributed by atoms with Crippen LogP contribution in [0, 0.1) is 5.92 Å². The van der Waals surface area contributed by atoms with Crippen molar-refractivity contribution in [2.75, 3.05) is 18.0 Å². The smallest absolute Gasteiger partial charge is 0.0595 e. The second kappa shape index (κ2) is 7.15. The largest absolute Gasteiger partial charge is 0.365 e. The van der Waals surface area contributed by atoms with Crippen molar-refractivity contribution in [2.45, 2.75) is 45.7 Å². The lowest BCUT2D eigenvalue weighted by molar-refractivity contribution is 0.306. The third kappa shape index (κ3) is 3.32. The van der Waals surface area contributed by atoms with E-state index in [0.29, 0.717) is 18.0 Å². The highest BCUT2D eigenvalue weighted by molar-refractivity contribution is 9.10. The second-order valence-electron chi connectivity index (χ2n) is 5.69. The van der Waals surface area contributed by atoms with Crippen LogP contribution in [0.2, 0.25) is 5.02 Å². The van der Waals surface area contributed by atoms with E-state index in [2.05, 4.69) is 53.0 Å². The molecule has 20 heavy (non-hydrogen) atoms. The number of anilines is 1. The van der Waals surface area contributed by atoms with Gasteiger partial charge in [0.1, 0.15) is 0 Å². The third-order valence-electron chi connectivity index (χ3n) is 4.49. The van der Waals surface area contributed by atoms with Crippen LogP contribution in [0.5, 0.6) is 0 Å². The van der Waals surface area contributed by atoms with Crippen LogP contribution in [0.4, 0.5) is 5.69 Å². The van der Waals surface area contributed by atoms with E-state index in [1.54, 1.807) is 0 Å². The highest BCUT2D eigenvalue weighted by atomic mass is 79.9. The Bertz CT molecular complexity index is 452. The monoisotopic (exact) mass is 358 g/mol. The molecule has 1 fully saturated rings. The number of piperazine rings is 1. The van der Waals surface area contributed by atoms with E-state index in [1.165, 1.54) is 12.1 Å². The van der Waals surface area contributed by atoms with Crippen molar-refractivity contribution in [3.8, 4) is 0 Å². The maximum absolute atomic E-state index is 6.26. The summed E-state index contributed by atoms with van der Waals surface area (Å²) in [7, 11) is 0. The molecule has 3 unspecified atom stereocenters. The van der Waals surface area contributed by atoms with Gasteiger partial charge >= 0.3 is 0 Å². The van der Waals surface area contributed by atoms with Gasteiger partial charge in [0.2, 0.25) is 0 Å². The van der Waals surface area contributed by atoms with E-state index in [9.17, 15) is 0 Å². The SMILES string of the molecule is CCC(C)C1CN(c2cccc(Cl)c2Br)C(CC)CN1. The lowest BCUT2D eigenvalue weighted by Gasteiger charge is -2.44. The lowest BCUT2D eigenvalue weighted by atomic mass is 9.94. The summed E-state index contributed by atoms with van der Waals surface area (Å²) in [6.07, 6.45) is 2.35. The molecule has 1 saturated heterocycles. The zero-order valence-electron chi connectivity index (χ0n) is 12.5. The van der Waals surface area contributed by atoms with Crippen LogP contribution in [-0.2, 0) is 0 Å². The Hall–Kier alpha value is -0.250. The predicted octanol–water partition coefficient (Wildman–Crippen LogP) is 4.71. The van der Waals surface area contributed by atoms with Crippen LogP contribution in [0.15, 0.2) is 22.7 Å². The number of nitrogens with one attached hydrogen (secondary N) is 1. The van der Waals surface area contributed by atoms with Crippen molar-refractivity contribution in [2.24, 2.45) is 5.92 Å². The molecule has 1 N–H and O–H groups in total. The molecule has 1 aliphatic heterocycles. The van der Waals surface area contributed by atoms with Gasteiger partial charge in [-0.25, -0.2) is 0 Å². The zero-order valence-corrected chi connectivity index (χ0v) is 14.8. The molecule has 1 aliphatic rings. The van der Waals surface area contributed by atoms with Gasteiger partial charge < -0.3 is 10.2 Å². The molecule has 2 nitrogen and oxygen atoms in total. The molecule has 0 bridgehead atoms. The minimum absolute atomic E-state index is 0.532. The van der Waals surface area contributed by atoms with E-state index in [4.69, 9.17) is 11.6 Å². The summed E-state index contributed by atoms with van der Waals surface area (Å²) < 4.78 is 1.02. The van der Waals surface area contributed by atoms with Gasteiger partial charge in [-0.2, -0.15) is 0 Å². The molecule has 0 saturated carbocycles. The quantitative estimate of drug-likeness (QED) is 0.838. The van der Waals surface area contributed by atoms with Gasteiger partial charge in [-0.1, -0.05) is 44.9 Å². The summed E-state index contributed by atoms with van der Waals surface area (Å²) in [6.45, 7) is 8.94. The number of hydrogen-bond donors (Lipinski definition) is 1. The van der Waals surface area contributed by atoms with E-state index in [1.807, 2.05) is 12.1 Å². The van der Waals surface area contributed by atoms with Crippen LogP contribution < -0.4 is 10.2 Å². The normalized spacial score (nSPS) is 24.8. The van der Waals surface area contributed by atoms with E-state index in [0.717, 1.165) is 29.0 Å². The van der Waals surface area contributed by atoms with Gasteiger partial charge in [-0.05, 0) is 40.4 Å². The molecule has 2 rings (SSSR count). The van der Waals surface area contributed by atoms with E-state index < -0.39 is 0 Å². The average molecular weight is 360 g/mol. The van der Waals surface area contributed by atoms with Crippen LogP contribution >= 0.6 is 27.5 Å². The standard InChI is InChI=1S/C16H24BrClN2/c1-4-11(3)14-10-20(12(5-2)9-19-14)15-8-6-7-13(18)16(15)17/h6-8,11-12,14,19H,4-5,9-10H2,1-3H3. The Balaban J connectivity index is 2.27. The van der Waals surface area contributed by atoms with Gasteiger partial charge in [-0.15, -0.1) is 0 Å². The van der Waals surface area contributed by atoms with Crippen molar-refractivity contribution in [3.63, 3.8) is 0 Å². The number of nitrogens with zero attached hydrogens (tertiary/aromatic N) is 1. The molecule has 1 aromatic carbocycles. The Morgan fingerprint density at radius 2 is 2.20 bits per heavy atom. The molecule has 112 valence electrons. The summed E-state index contributed by atoms with van der Waals surface area (Å²) in [5, 5.41) is 4.50. The lowest BCUT2D eigenvalue weighted by Crippen LogP contribution is -2.58. The van der Waals surface area contributed by atoms with Crippen molar-refractivity contribution < 1.29 is 0 Å². The zero-order chi connectivity index (χ0) is 14.7. The Labute approximate surface area is 136 Å². The maximum atomic E-state index is 6.26. The van der Waals surface area contributed by atoms with Gasteiger partial charge in [0, 0.05) is 25.2 Å². The molecule has 3 atom stereocenters. The van der Waals surface area contributed by atoms with Gasteiger partial charge in [0.25, 0.3) is 0 Å². The Morgan fingerprint density at radius 3 is 2.85 bits per heavy atom. The Morgan fingerprint density at radius 1 is 1.45 bits per heavy atom. The summed E-state index contributed by atoms with van der Waals surface area (Å²) in [5.41, 5.74) is 1.22. The van der Waals surface area contributed by atoms with Crippen molar-refractivity contribution in [1.29, 1.82) is 0 Å². The van der Waals surface area contributed by atoms with Crippen molar-refractivity contribution in [1.82, 2.24) is 5.32 Å². The molecule has 1 aromatic rings. The molecular weight excluding hydrogens is 336 g/mol. The van der Waals surface area contributed by atoms with Gasteiger partial charge in [0.05, 0.1) is 15.2 Å². The first-order valence-electron chi connectivity index (χ1n) is 7.52. The first kappa shape index (κ1) is 16.1. The number of benzene rings is 1. The first-order chi connectivity index (χ1) is 9.58. The highest BCUT2D eigenvalue weighted by Crippen LogP contribution is 2.35. The highest BCUT2D eigenvalue weighted by Gasteiger charge is 2.30. The number of halogens is 2. The fourth-order valence-corrected chi connectivity index (χ4v) is 3.52. The van der Waals surface area contributed by atoms with Crippen molar-refractivity contribution in [3.05, 3.63) is 27.7 Å². The molecule has 4 heteroatoms.